The maximum absolute atomic E-state index is 12.3. The number of hydrogen-bond donors (Lipinski definition) is 1. The van der Waals surface area contributed by atoms with Crippen molar-refractivity contribution in [2.24, 2.45) is 0 Å². The summed E-state index contributed by atoms with van der Waals surface area (Å²) in [5, 5.41) is 20.8. The normalized spacial score (nSPS) is 24.0. The van der Waals surface area contributed by atoms with Crippen LogP contribution in [0.1, 0.15) is 38.5 Å². The first-order valence-electron chi connectivity index (χ1n) is 8.63. The predicted molar refractivity (Wildman–Crippen MR) is 83.5 cm³/mol. The van der Waals surface area contributed by atoms with E-state index < -0.39 is 0 Å². The van der Waals surface area contributed by atoms with Crippen molar-refractivity contribution in [2.75, 3.05) is 26.2 Å². The molecule has 1 aromatic heterocycles. The quantitative estimate of drug-likeness (QED) is 0.815. The van der Waals surface area contributed by atoms with Crippen LogP contribution in [0.15, 0.2) is 6.33 Å². The smallest absolute Gasteiger partial charge is 0.222 e. The van der Waals surface area contributed by atoms with E-state index in [1.807, 2.05) is 4.90 Å². The van der Waals surface area contributed by atoms with Crippen LogP contribution in [0, 0.1) is 0 Å². The van der Waals surface area contributed by atoms with E-state index in [-0.39, 0.29) is 12.0 Å². The first-order chi connectivity index (χ1) is 11.2. The summed E-state index contributed by atoms with van der Waals surface area (Å²) in [5.41, 5.74) is 0. The summed E-state index contributed by atoms with van der Waals surface area (Å²) in [5.74, 6) is 0.232. The van der Waals surface area contributed by atoms with Gasteiger partial charge in [-0.05, 0) is 49.1 Å². The van der Waals surface area contributed by atoms with Crippen LogP contribution in [0.2, 0.25) is 0 Å². The summed E-state index contributed by atoms with van der Waals surface area (Å²) < 4.78 is 1.65. The van der Waals surface area contributed by atoms with E-state index in [2.05, 4.69) is 20.4 Å². The van der Waals surface area contributed by atoms with E-state index >= 15 is 0 Å². The summed E-state index contributed by atoms with van der Waals surface area (Å²) in [6.07, 6.45) is 6.76. The summed E-state index contributed by atoms with van der Waals surface area (Å²) in [6.45, 7) is 4.23. The molecule has 128 valence electrons. The van der Waals surface area contributed by atoms with Crippen LogP contribution in [0.25, 0.3) is 0 Å². The third-order valence-corrected chi connectivity index (χ3v) is 4.93. The number of rotatable bonds is 5. The van der Waals surface area contributed by atoms with Gasteiger partial charge in [0.15, 0.2) is 0 Å². The number of aliphatic hydroxyl groups is 1. The summed E-state index contributed by atoms with van der Waals surface area (Å²) in [6, 6.07) is 0.523. The Morgan fingerprint density at radius 1 is 1.22 bits per heavy atom. The van der Waals surface area contributed by atoms with Crippen molar-refractivity contribution in [2.45, 2.75) is 57.2 Å². The molecule has 0 unspecified atom stereocenters. The molecule has 0 saturated carbocycles. The number of tetrazole rings is 1. The largest absolute Gasteiger partial charge is 0.392 e. The van der Waals surface area contributed by atoms with Gasteiger partial charge in [-0.2, -0.15) is 0 Å². The van der Waals surface area contributed by atoms with E-state index in [0.29, 0.717) is 19.0 Å². The molecule has 1 atom stereocenters. The van der Waals surface area contributed by atoms with Gasteiger partial charge in [0.25, 0.3) is 0 Å². The van der Waals surface area contributed by atoms with Gasteiger partial charge in [0, 0.05) is 38.6 Å². The van der Waals surface area contributed by atoms with Gasteiger partial charge in [-0.15, -0.1) is 5.10 Å². The topological polar surface area (TPSA) is 87.4 Å². The average molecular weight is 322 g/mol. The van der Waals surface area contributed by atoms with E-state index in [1.165, 1.54) is 0 Å². The van der Waals surface area contributed by atoms with Crippen molar-refractivity contribution in [1.29, 1.82) is 0 Å². The Labute approximate surface area is 136 Å². The Morgan fingerprint density at radius 3 is 2.74 bits per heavy atom. The number of carbonyl (C=O) groups is 1. The van der Waals surface area contributed by atoms with Crippen LogP contribution in [-0.4, -0.2) is 79.3 Å². The molecule has 1 N–H and O–H groups in total. The molecule has 8 heteroatoms. The molecule has 1 aromatic rings. The average Bonchev–Trinajstić information content (AvgIpc) is 3.08. The van der Waals surface area contributed by atoms with Crippen molar-refractivity contribution in [3.63, 3.8) is 0 Å². The van der Waals surface area contributed by atoms with Crippen LogP contribution < -0.4 is 0 Å². The van der Waals surface area contributed by atoms with Crippen molar-refractivity contribution in [3.05, 3.63) is 6.33 Å². The minimum Gasteiger partial charge on any atom is -0.392 e. The zero-order chi connectivity index (χ0) is 16.1. The maximum atomic E-state index is 12.3. The lowest BCUT2D eigenvalue weighted by Gasteiger charge is -2.41. The Kier molecular flexibility index (Phi) is 5.56. The van der Waals surface area contributed by atoms with E-state index in [0.717, 1.165) is 58.3 Å². The molecule has 2 aliphatic rings. The number of nitrogens with zero attached hydrogens (tertiary/aromatic N) is 6. The Balaban J connectivity index is 1.37. The fourth-order valence-electron chi connectivity index (χ4n) is 3.63. The lowest BCUT2D eigenvalue weighted by molar-refractivity contribution is -0.133. The van der Waals surface area contributed by atoms with Gasteiger partial charge in [0.2, 0.25) is 5.91 Å². The van der Waals surface area contributed by atoms with E-state index in [9.17, 15) is 9.90 Å². The molecule has 2 aliphatic heterocycles. The second-order valence-electron chi connectivity index (χ2n) is 6.58. The van der Waals surface area contributed by atoms with Gasteiger partial charge in [-0.1, -0.05) is 0 Å². The van der Waals surface area contributed by atoms with Gasteiger partial charge < -0.3 is 10.0 Å². The lowest BCUT2D eigenvalue weighted by Crippen LogP contribution is -2.50. The predicted octanol–water partition coefficient (Wildman–Crippen LogP) is -0.0990. The number of aromatic nitrogens is 4. The molecular weight excluding hydrogens is 296 g/mol. The van der Waals surface area contributed by atoms with E-state index in [4.69, 9.17) is 0 Å². The fourth-order valence-corrected chi connectivity index (χ4v) is 3.63. The van der Waals surface area contributed by atoms with Crippen molar-refractivity contribution in [1.82, 2.24) is 30.0 Å². The van der Waals surface area contributed by atoms with Gasteiger partial charge in [0.1, 0.15) is 6.33 Å². The summed E-state index contributed by atoms with van der Waals surface area (Å²) in [7, 11) is 0. The molecule has 2 saturated heterocycles. The molecule has 3 heterocycles. The number of piperidine rings is 2. The second-order valence-corrected chi connectivity index (χ2v) is 6.58. The number of hydrogen-bond acceptors (Lipinski definition) is 6. The molecule has 0 radical (unpaired) electrons. The molecule has 1 amide bonds. The SMILES string of the molecule is O=C(CCCn1cnnn1)N1CCC(N2CCC[C@@H](O)C2)CC1. The molecule has 0 aromatic carbocycles. The number of likely N-dealkylation sites (tertiary alicyclic amines) is 2. The highest BCUT2D eigenvalue weighted by atomic mass is 16.3. The zero-order valence-electron chi connectivity index (χ0n) is 13.5. The number of aryl methyl sites for hydroxylation is 1. The van der Waals surface area contributed by atoms with Crippen molar-refractivity contribution < 1.29 is 9.90 Å². The molecule has 0 bridgehead atoms. The van der Waals surface area contributed by atoms with Crippen LogP contribution in [0.4, 0.5) is 0 Å². The Hall–Kier alpha value is -1.54. The van der Waals surface area contributed by atoms with E-state index in [1.54, 1.807) is 11.0 Å². The van der Waals surface area contributed by atoms with Crippen molar-refractivity contribution >= 4 is 5.91 Å². The third kappa shape index (κ3) is 4.48. The molecule has 3 rings (SSSR count). The minimum absolute atomic E-state index is 0.172. The van der Waals surface area contributed by atoms with Gasteiger partial charge in [-0.25, -0.2) is 4.68 Å². The highest BCUT2D eigenvalue weighted by Gasteiger charge is 2.29. The number of amides is 1. The van der Waals surface area contributed by atoms with Gasteiger partial charge in [0.05, 0.1) is 6.10 Å². The first kappa shape index (κ1) is 16.3. The lowest BCUT2D eigenvalue weighted by atomic mass is 9.98. The molecular formula is C15H26N6O2. The maximum Gasteiger partial charge on any atom is 0.222 e. The second kappa shape index (κ2) is 7.83. The number of β-amino-alcohol motifs (C(OH)–C–C–N with tert-alkyl or cyclic N) is 1. The van der Waals surface area contributed by atoms with Crippen LogP contribution in [0.5, 0.6) is 0 Å². The van der Waals surface area contributed by atoms with Crippen LogP contribution >= 0.6 is 0 Å². The van der Waals surface area contributed by atoms with Crippen LogP contribution in [-0.2, 0) is 11.3 Å². The number of carbonyl (C=O) groups excluding carboxylic acids is 1. The first-order valence-corrected chi connectivity index (χ1v) is 8.63. The number of aliphatic hydroxyl groups excluding tert-OH is 1. The monoisotopic (exact) mass is 322 g/mol. The Morgan fingerprint density at radius 2 is 2.04 bits per heavy atom. The van der Waals surface area contributed by atoms with Crippen molar-refractivity contribution in [3.8, 4) is 0 Å². The summed E-state index contributed by atoms with van der Waals surface area (Å²) in [4.78, 5) is 16.7. The highest BCUT2D eigenvalue weighted by molar-refractivity contribution is 5.76. The third-order valence-electron chi connectivity index (χ3n) is 4.93. The molecule has 8 nitrogen and oxygen atoms in total. The molecule has 0 spiro atoms. The Bertz CT molecular complexity index is 486. The van der Waals surface area contributed by atoms with Gasteiger partial charge >= 0.3 is 0 Å². The fraction of sp³-hybridized carbons (Fsp3) is 0.867. The molecule has 2 fully saturated rings. The highest BCUT2D eigenvalue weighted by Crippen LogP contribution is 2.21. The zero-order valence-corrected chi connectivity index (χ0v) is 13.5. The van der Waals surface area contributed by atoms with Gasteiger partial charge in [-0.3, -0.25) is 9.69 Å². The summed E-state index contributed by atoms with van der Waals surface area (Å²) >= 11 is 0. The molecule has 23 heavy (non-hydrogen) atoms. The minimum atomic E-state index is -0.172. The molecule has 0 aliphatic carbocycles. The standard InChI is InChI=1S/C15H26N6O2/c22-14-3-1-7-20(11-14)13-5-9-19(10-6-13)15(23)4-2-8-21-12-16-17-18-21/h12-14,22H,1-11H2/t14-/m1/s1. The van der Waals surface area contributed by atoms with Crippen LogP contribution in [0.3, 0.4) is 0 Å².